The summed E-state index contributed by atoms with van der Waals surface area (Å²) in [6, 6.07) is 11.4. The third kappa shape index (κ3) is 2.85. The van der Waals surface area contributed by atoms with Gasteiger partial charge >= 0.3 is 0 Å². The van der Waals surface area contributed by atoms with Gasteiger partial charge in [0, 0.05) is 12.1 Å². The number of rotatable bonds is 4. The van der Waals surface area contributed by atoms with Crippen LogP contribution in [0.2, 0.25) is 0 Å². The summed E-state index contributed by atoms with van der Waals surface area (Å²) in [5.74, 6) is -0.200. The third-order valence-electron chi connectivity index (χ3n) is 3.55. The molecule has 19 heavy (non-hydrogen) atoms. The average molecular weight is 257 g/mol. The van der Waals surface area contributed by atoms with Crippen LogP contribution in [0.25, 0.3) is 11.1 Å². The van der Waals surface area contributed by atoms with E-state index in [1.54, 1.807) is 0 Å². The fourth-order valence-corrected chi connectivity index (χ4v) is 2.39. The molecule has 0 atom stereocenters. The van der Waals surface area contributed by atoms with Gasteiger partial charge in [0.15, 0.2) is 0 Å². The fourth-order valence-electron chi connectivity index (χ4n) is 2.39. The first-order valence-corrected chi connectivity index (χ1v) is 6.80. The second kappa shape index (κ2) is 5.98. The lowest BCUT2D eigenvalue weighted by molar-refractivity contribution is 0.629. The molecule has 0 saturated carbocycles. The van der Waals surface area contributed by atoms with Crippen molar-refractivity contribution in [1.82, 2.24) is 0 Å². The third-order valence-corrected chi connectivity index (χ3v) is 3.55. The Morgan fingerprint density at radius 3 is 2.26 bits per heavy atom. The molecular formula is C17H20FN. The van der Waals surface area contributed by atoms with E-state index in [2.05, 4.69) is 26.0 Å². The predicted molar refractivity (Wildman–Crippen MR) is 78.5 cm³/mol. The van der Waals surface area contributed by atoms with Crippen molar-refractivity contribution < 1.29 is 4.39 Å². The maximum atomic E-state index is 14.1. The van der Waals surface area contributed by atoms with Gasteiger partial charge in [0.05, 0.1) is 0 Å². The van der Waals surface area contributed by atoms with E-state index < -0.39 is 0 Å². The highest BCUT2D eigenvalue weighted by Gasteiger charge is 2.08. The van der Waals surface area contributed by atoms with Gasteiger partial charge in [0.25, 0.3) is 0 Å². The van der Waals surface area contributed by atoms with Gasteiger partial charge in [-0.2, -0.15) is 0 Å². The van der Waals surface area contributed by atoms with Gasteiger partial charge < -0.3 is 5.73 Å². The molecule has 0 saturated heterocycles. The molecule has 0 aromatic heterocycles. The molecule has 0 amide bonds. The van der Waals surface area contributed by atoms with Crippen LogP contribution >= 0.6 is 0 Å². The van der Waals surface area contributed by atoms with Crippen LogP contribution in [0.15, 0.2) is 36.4 Å². The van der Waals surface area contributed by atoms with E-state index in [1.807, 2.05) is 18.2 Å². The lowest BCUT2D eigenvalue weighted by Crippen LogP contribution is -1.98. The molecule has 0 heterocycles. The van der Waals surface area contributed by atoms with E-state index >= 15 is 0 Å². The topological polar surface area (TPSA) is 26.0 Å². The molecule has 0 fully saturated rings. The molecule has 0 radical (unpaired) electrons. The van der Waals surface area contributed by atoms with Crippen molar-refractivity contribution in [3.63, 3.8) is 0 Å². The number of aryl methyl sites for hydroxylation is 2. The molecule has 2 N–H and O–H groups in total. The molecule has 0 aliphatic rings. The maximum absolute atomic E-state index is 14.1. The molecular weight excluding hydrogens is 237 g/mol. The van der Waals surface area contributed by atoms with Gasteiger partial charge in [-0.1, -0.05) is 44.2 Å². The van der Waals surface area contributed by atoms with Crippen LogP contribution in [-0.4, -0.2) is 0 Å². The first kappa shape index (κ1) is 13.8. The van der Waals surface area contributed by atoms with Crippen LogP contribution in [0.4, 0.5) is 4.39 Å². The van der Waals surface area contributed by atoms with Crippen molar-refractivity contribution in [3.8, 4) is 11.1 Å². The van der Waals surface area contributed by atoms with Crippen molar-refractivity contribution in [2.45, 2.75) is 33.2 Å². The van der Waals surface area contributed by atoms with Gasteiger partial charge in [-0.15, -0.1) is 0 Å². The first-order chi connectivity index (χ1) is 9.19. The van der Waals surface area contributed by atoms with E-state index in [9.17, 15) is 4.39 Å². The van der Waals surface area contributed by atoms with E-state index in [0.29, 0.717) is 12.1 Å². The van der Waals surface area contributed by atoms with E-state index in [0.717, 1.165) is 24.0 Å². The van der Waals surface area contributed by atoms with Crippen molar-refractivity contribution in [3.05, 3.63) is 58.9 Å². The predicted octanol–water partition coefficient (Wildman–Crippen LogP) is 4.08. The Morgan fingerprint density at radius 1 is 0.947 bits per heavy atom. The summed E-state index contributed by atoms with van der Waals surface area (Å²) < 4.78 is 14.1. The summed E-state index contributed by atoms with van der Waals surface area (Å²) in [4.78, 5) is 0. The van der Waals surface area contributed by atoms with Crippen LogP contribution in [0.3, 0.4) is 0 Å². The SMILES string of the molecule is CCc1ccc(-c2ccc(CN)cc2F)cc1CC. The summed E-state index contributed by atoms with van der Waals surface area (Å²) in [6.45, 7) is 4.64. The Hall–Kier alpha value is -1.67. The van der Waals surface area contributed by atoms with Crippen LogP contribution in [0.1, 0.15) is 30.5 Å². The summed E-state index contributed by atoms with van der Waals surface area (Å²) >= 11 is 0. The summed E-state index contributed by atoms with van der Waals surface area (Å²) in [5.41, 5.74) is 10.6. The number of hydrogen-bond acceptors (Lipinski definition) is 1. The molecule has 100 valence electrons. The van der Waals surface area contributed by atoms with Gasteiger partial charge in [-0.25, -0.2) is 4.39 Å². The van der Waals surface area contributed by atoms with Crippen LogP contribution < -0.4 is 5.73 Å². The van der Waals surface area contributed by atoms with Crippen LogP contribution in [0, 0.1) is 5.82 Å². The standard InChI is InChI=1S/C17H20FN/c1-3-13-6-7-15(10-14(13)4-2)16-8-5-12(11-19)9-17(16)18/h5-10H,3-4,11,19H2,1-2H3. The summed E-state index contributed by atoms with van der Waals surface area (Å²) in [7, 11) is 0. The first-order valence-electron chi connectivity index (χ1n) is 6.80. The smallest absolute Gasteiger partial charge is 0.131 e. The molecule has 0 spiro atoms. The normalized spacial score (nSPS) is 10.7. The van der Waals surface area contributed by atoms with E-state index in [4.69, 9.17) is 5.73 Å². The Balaban J connectivity index is 2.47. The Labute approximate surface area is 114 Å². The zero-order valence-corrected chi connectivity index (χ0v) is 11.5. The fraction of sp³-hybridized carbons (Fsp3) is 0.294. The van der Waals surface area contributed by atoms with Gasteiger partial charge in [0.2, 0.25) is 0 Å². The average Bonchev–Trinajstić information content (AvgIpc) is 2.46. The van der Waals surface area contributed by atoms with Crippen molar-refractivity contribution in [2.24, 2.45) is 5.73 Å². The monoisotopic (exact) mass is 257 g/mol. The van der Waals surface area contributed by atoms with Crippen molar-refractivity contribution in [2.75, 3.05) is 0 Å². The number of halogens is 1. The molecule has 2 heteroatoms. The Bertz CT molecular complexity index is 575. The maximum Gasteiger partial charge on any atom is 0.131 e. The van der Waals surface area contributed by atoms with E-state index in [1.165, 1.54) is 17.2 Å². The Kier molecular flexibility index (Phi) is 4.33. The highest BCUT2D eigenvalue weighted by Crippen LogP contribution is 2.26. The quantitative estimate of drug-likeness (QED) is 0.877. The summed E-state index contributed by atoms with van der Waals surface area (Å²) in [6.07, 6.45) is 1.98. The van der Waals surface area contributed by atoms with Crippen molar-refractivity contribution >= 4 is 0 Å². The van der Waals surface area contributed by atoms with Crippen LogP contribution in [0.5, 0.6) is 0 Å². The zero-order valence-electron chi connectivity index (χ0n) is 11.5. The minimum atomic E-state index is -0.200. The highest BCUT2D eigenvalue weighted by molar-refractivity contribution is 5.66. The highest BCUT2D eigenvalue weighted by atomic mass is 19.1. The largest absolute Gasteiger partial charge is 0.326 e. The molecule has 2 rings (SSSR count). The van der Waals surface area contributed by atoms with Crippen molar-refractivity contribution in [1.29, 1.82) is 0 Å². The molecule has 0 aliphatic heterocycles. The second-order valence-corrected chi connectivity index (χ2v) is 4.71. The number of hydrogen-bond donors (Lipinski definition) is 1. The molecule has 0 aliphatic carbocycles. The van der Waals surface area contributed by atoms with Gasteiger partial charge in [-0.3, -0.25) is 0 Å². The van der Waals surface area contributed by atoms with Gasteiger partial charge in [-0.05, 0) is 41.2 Å². The van der Waals surface area contributed by atoms with Gasteiger partial charge in [0.1, 0.15) is 5.82 Å². The Morgan fingerprint density at radius 2 is 1.68 bits per heavy atom. The van der Waals surface area contributed by atoms with Crippen LogP contribution in [-0.2, 0) is 19.4 Å². The summed E-state index contributed by atoms with van der Waals surface area (Å²) in [5, 5.41) is 0. The molecule has 2 aromatic carbocycles. The molecule has 2 aromatic rings. The molecule has 0 unspecified atom stereocenters. The molecule has 0 bridgehead atoms. The number of benzene rings is 2. The minimum Gasteiger partial charge on any atom is -0.326 e. The lowest BCUT2D eigenvalue weighted by Gasteiger charge is -2.10. The minimum absolute atomic E-state index is 0.200. The number of nitrogens with two attached hydrogens (primary N) is 1. The lowest BCUT2D eigenvalue weighted by atomic mass is 9.96. The zero-order chi connectivity index (χ0) is 13.8. The van der Waals surface area contributed by atoms with E-state index in [-0.39, 0.29) is 5.82 Å². The molecule has 1 nitrogen and oxygen atoms in total. The second-order valence-electron chi connectivity index (χ2n) is 4.71.